The Balaban J connectivity index is 1.55. The summed E-state index contributed by atoms with van der Waals surface area (Å²) in [5.74, 6) is -0.247. The van der Waals surface area contributed by atoms with Gasteiger partial charge in [0.2, 0.25) is 5.91 Å². The SMILES string of the molecule is Cc1ccccc1C(O)CNC(=O)CCc1nc2cc(C(F)(F)F)ccc2s1. The first-order valence-corrected chi connectivity index (χ1v) is 9.52. The van der Waals surface area contributed by atoms with Gasteiger partial charge in [-0.3, -0.25) is 4.79 Å². The summed E-state index contributed by atoms with van der Waals surface area (Å²) in [6, 6.07) is 10.8. The highest BCUT2D eigenvalue weighted by Gasteiger charge is 2.30. The van der Waals surface area contributed by atoms with Crippen LogP contribution in [-0.4, -0.2) is 22.5 Å². The molecule has 1 heterocycles. The van der Waals surface area contributed by atoms with E-state index in [1.54, 1.807) is 0 Å². The number of aliphatic hydroxyl groups is 1. The number of rotatable bonds is 6. The normalized spacial score (nSPS) is 12.9. The first-order chi connectivity index (χ1) is 13.2. The van der Waals surface area contributed by atoms with Gasteiger partial charge < -0.3 is 10.4 Å². The van der Waals surface area contributed by atoms with Crippen molar-refractivity contribution < 1.29 is 23.1 Å². The maximum atomic E-state index is 12.8. The van der Waals surface area contributed by atoms with Crippen LogP contribution in [0.3, 0.4) is 0 Å². The number of thiazole rings is 1. The minimum Gasteiger partial charge on any atom is -0.387 e. The van der Waals surface area contributed by atoms with Crippen molar-refractivity contribution in [1.29, 1.82) is 0 Å². The van der Waals surface area contributed by atoms with Gasteiger partial charge in [-0.05, 0) is 36.2 Å². The molecule has 0 aliphatic carbocycles. The van der Waals surface area contributed by atoms with E-state index in [0.717, 1.165) is 23.3 Å². The Morgan fingerprint density at radius 2 is 2.00 bits per heavy atom. The van der Waals surface area contributed by atoms with Gasteiger partial charge >= 0.3 is 6.18 Å². The number of benzene rings is 2. The van der Waals surface area contributed by atoms with E-state index < -0.39 is 17.8 Å². The van der Waals surface area contributed by atoms with Gasteiger partial charge in [0.05, 0.1) is 26.9 Å². The summed E-state index contributed by atoms with van der Waals surface area (Å²) in [7, 11) is 0. The van der Waals surface area contributed by atoms with Crippen LogP contribution in [0.1, 0.15) is 34.2 Å². The molecule has 2 N–H and O–H groups in total. The Morgan fingerprint density at radius 3 is 2.71 bits per heavy atom. The highest BCUT2D eigenvalue weighted by molar-refractivity contribution is 7.18. The third kappa shape index (κ3) is 4.88. The molecular formula is C20H19F3N2O2S. The lowest BCUT2D eigenvalue weighted by molar-refractivity contribution is -0.137. The quantitative estimate of drug-likeness (QED) is 0.635. The van der Waals surface area contributed by atoms with Crippen molar-refractivity contribution in [2.24, 2.45) is 0 Å². The summed E-state index contributed by atoms with van der Waals surface area (Å²) in [4.78, 5) is 16.2. The van der Waals surface area contributed by atoms with Crippen LogP contribution < -0.4 is 5.32 Å². The van der Waals surface area contributed by atoms with Crippen LogP contribution >= 0.6 is 11.3 Å². The number of carbonyl (C=O) groups is 1. The molecule has 0 fully saturated rings. The van der Waals surface area contributed by atoms with E-state index in [0.29, 0.717) is 16.1 Å². The number of aliphatic hydroxyl groups excluding tert-OH is 1. The molecule has 1 atom stereocenters. The number of amides is 1. The molecule has 0 aliphatic heterocycles. The van der Waals surface area contributed by atoms with E-state index in [9.17, 15) is 23.1 Å². The van der Waals surface area contributed by atoms with Gasteiger partial charge in [0.25, 0.3) is 0 Å². The summed E-state index contributed by atoms with van der Waals surface area (Å²) in [5.41, 5.74) is 1.25. The zero-order valence-electron chi connectivity index (χ0n) is 15.1. The van der Waals surface area contributed by atoms with Gasteiger partial charge in [-0.2, -0.15) is 13.2 Å². The van der Waals surface area contributed by atoms with Crippen LogP contribution in [0.2, 0.25) is 0 Å². The number of fused-ring (bicyclic) bond motifs is 1. The molecule has 4 nitrogen and oxygen atoms in total. The Bertz CT molecular complexity index is 985. The Hall–Kier alpha value is -2.45. The highest BCUT2D eigenvalue weighted by atomic mass is 32.1. The minimum atomic E-state index is -4.41. The molecule has 0 aliphatic rings. The lowest BCUT2D eigenvalue weighted by Crippen LogP contribution is -2.28. The predicted molar refractivity (Wildman–Crippen MR) is 102 cm³/mol. The van der Waals surface area contributed by atoms with E-state index in [-0.39, 0.29) is 24.4 Å². The number of aryl methyl sites for hydroxylation is 2. The second-order valence-corrected chi connectivity index (χ2v) is 7.58. The molecule has 0 spiro atoms. The molecule has 1 aromatic heterocycles. The second kappa shape index (κ2) is 8.28. The van der Waals surface area contributed by atoms with E-state index in [2.05, 4.69) is 10.3 Å². The molecule has 1 amide bonds. The molecule has 0 saturated heterocycles. The van der Waals surface area contributed by atoms with Gasteiger partial charge in [0.15, 0.2) is 0 Å². The molecule has 2 aromatic carbocycles. The number of nitrogens with one attached hydrogen (secondary N) is 1. The van der Waals surface area contributed by atoms with Crippen molar-refractivity contribution in [3.8, 4) is 0 Å². The Kier molecular flexibility index (Phi) is 6.00. The number of halogens is 3. The Morgan fingerprint density at radius 1 is 1.25 bits per heavy atom. The number of carbonyl (C=O) groups excluding carboxylic acids is 1. The van der Waals surface area contributed by atoms with Crippen LogP contribution in [-0.2, 0) is 17.4 Å². The van der Waals surface area contributed by atoms with Crippen molar-refractivity contribution in [1.82, 2.24) is 10.3 Å². The van der Waals surface area contributed by atoms with Crippen molar-refractivity contribution in [3.63, 3.8) is 0 Å². The topological polar surface area (TPSA) is 62.2 Å². The van der Waals surface area contributed by atoms with E-state index in [4.69, 9.17) is 0 Å². The number of hydrogen-bond acceptors (Lipinski definition) is 4. The average molecular weight is 408 g/mol. The molecule has 3 aromatic rings. The van der Waals surface area contributed by atoms with E-state index in [1.165, 1.54) is 17.4 Å². The third-order valence-corrected chi connectivity index (χ3v) is 5.46. The molecular weight excluding hydrogens is 389 g/mol. The van der Waals surface area contributed by atoms with Crippen LogP contribution in [0.25, 0.3) is 10.2 Å². The molecule has 3 rings (SSSR count). The maximum absolute atomic E-state index is 12.8. The van der Waals surface area contributed by atoms with Crippen molar-refractivity contribution in [2.75, 3.05) is 6.54 Å². The van der Waals surface area contributed by atoms with Crippen LogP contribution in [0.4, 0.5) is 13.2 Å². The summed E-state index contributed by atoms with van der Waals surface area (Å²) < 4.78 is 39.0. The summed E-state index contributed by atoms with van der Waals surface area (Å²) in [5, 5.41) is 13.5. The molecule has 0 bridgehead atoms. The van der Waals surface area contributed by atoms with Crippen molar-refractivity contribution in [3.05, 3.63) is 64.2 Å². The van der Waals surface area contributed by atoms with Crippen molar-refractivity contribution in [2.45, 2.75) is 32.0 Å². The fraction of sp³-hybridized carbons (Fsp3) is 0.300. The van der Waals surface area contributed by atoms with E-state index >= 15 is 0 Å². The monoisotopic (exact) mass is 408 g/mol. The number of aromatic nitrogens is 1. The second-order valence-electron chi connectivity index (χ2n) is 6.46. The molecule has 8 heteroatoms. The van der Waals surface area contributed by atoms with Gasteiger partial charge in [-0.1, -0.05) is 24.3 Å². The molecule has 148 valence electrons. The summed E-state index contributed by atoms with van der Waals surface area (Å²) in [6.07, 6.45) is -4.73. The predicted octanol–water partition coefficient (Wildman–Crippen LogP) is 4.41. The molecule has 28 heavy (non-hydrogen) atoms. The highest BCUT2D eigenvalue weighted by Crippen LogP contribution is 2.33. The van der Waals surface area contributed by atoms with Gasteiger partial charge in [0.1, 0.15) is 0 Å². The van der Waals surface area contributed by atoms with Crippen LogP contribution in [0, 0.1) is 6.92 Å². The number of nitrogens with zero attached hydrogens (tertiary/aromatic N) is 1. The van der Waals surface area contributed by atoms with Crippen molar-refractivity contribution >= 4 is 27.5 Å². The summed E-state index contributed by atoms with van der Waals surface area (Å²) in [6.45, 7) is 1.98. The molecule has 0 radical (unpaired) electrons. The zero-order chi connectivity index (χ0) is 20.3. The standard InChI is InChI=1S/C20H19F3N2O2S/c1-12-4-2-3-5-14(12)16(26)11-24-18(27)8-9-19-25-15-10-13(20(21,22)23)6-7-17(15)28-19/h2-7,10,16,26H,8-9,11H2,1H3,(H,24,27). The average Bonchev–Trinajstić information content (AvgIpc) is 3.06. The van der Waals surface area contributed by atoms with Gasteiger partial charge in [-0.25, -0.2) is 4.98 Å². The third-order valence-electron chi connectivity index (χ3n) is 4.37. The summed E-state index contributed by atoms with van der Waals surface area (Å²) >= 11 is 1.27. The van der Waals surface area contributed by atoms with Gasteiger partial charge in [0, 0.05) is 19.4 Å². The number of hydrogen-bond donors (Lipinski definition) is 2. The largest absolute Gasteiger partial charge is 0.416 e. The fourth-order valence-electron chi connectivity index (χ4n) is 2.85. The van der Waals surface area contributed by atoms with Crippen LogP contribution in [0.15, 0.2) is 42.5 Å². The lowest BCUT2D eigenvalue weighted by atomic mass is 10.0. The Labute approximate surface area is 164 Å². The molecule has 0 saturated carbocycles. The lowest BCUT2D eigenvalue weighted by Gasteiger charge is -2.14. The fourth-order valence-corrected chi connectivity index (χ4v) is 3.80. The zero-order valence-corrected chi connectivity index (χ0v) is 15.9. The maximum Gasteiger partial charge on any atom is 0.416 e. The molecule has 1 unspecified atom stereocenters. The smallest absolute Gasteiger partial charge is 0.387 e. The van der Waals surface area contributed by atoms with E-state index in [1.807, 2.05) is 31.2 Å². The number of alkyl halides is 3. The minimum absolute atomic E-state index is 0.0957. The van der Waals surface area contributed by atoms with Gasteiger partial charge in [-0.15, -0.1) is 11.3 Å². The van der Waals surface area contributed by atoms with Crippen LogP contribution in [0.5, 0.6) is 0 Å². The first kappa shape index (κ1) is 20.3. The first-order valence-electron chi connectivity index (χ1n) is 8.71.